The summed E-state index contributed by atoms with van der Waals surface area (Å²) < 4.78 is 40.2. The molecule has 4 aromatic rings. The zero-order valence-corrected chi connectivity index (χ0v) is 21.6. The average Bonchev–Trinajstić information content (AvgIpc) is 2.94. The number of aromatic nitrogens is 3. The fourth-order valence-corrected chi connectivity index (χ4v) is 4.42. The number of pyridine rings is 1. The highest BCUT2D eigenvalue weighted by Crippen LogP contribution is 2.32. The van der Waals surface area contributed by atoms with E-state index in [-0.39, 0.29) is 39.1 Å². The van der Waals surface area contributed by atoms with Crippen LogP contribution in [-0.4, -0.2) is 33.8 Å². The van der Waals surface area contributed by atoms with Crippen LogP contribution in [0.4, 0.5) is 24.8 Å². The van der Waals surface area contributed by atoms with Gasteiger partial charge in [0.1, 0.15) is 7.11 Å². The molecule has 204 valence electrons. The van der Waals surface area contributed by atoms with Crippen LogP contribution in [0.1, 0.15) is 22.3 Å². The fraction of sp³-hybridized carbons (Fsp3) is 0.143. The molecule has 1 amide bonds. The van der Waals surface area contributed by atoms with Gasteiger partial charge in [0, 0.05) is 33.4 Å². The topological polar surface area (TPSA) is 98.1 Å². The van der Waals surface area contributed by atoms with Crippen molar-refractivity contribution < 1.29 is 22.8 Å². The van der Waals surface area contributed by atoms with E-state index in [1.165, 1.54) is 31.4 Å². The molecule has 1 aliphatic rings. The van der Waals surface area contributed by atoms with Gasteiger partial charge in [0.25, 0.3) is 11.5 Å². The third-order valence-corrected chi connectivity index (χ3v) is 6.48. The van der Waals surface area contributed by atoms with Gasteiger partial charge in [-0.2, -0.15) is 18.2 Å². The lowest BCUT2D eigenvalue weighted by Crippen LogP contribution is -2.28. The summed E-state index contributed by atoms with van der Waals surface area (Å²) in [5, 5.41) is 6.44. The Bertz CT molecular complexity index is 1730. The highest BCUT2D eigenvalue weighted by atomic mass is 35.5. The van der Waals surface area contributed by atoms with Gasteiger partial charge < -0.3 is 15.5 Å². The van der Waals surface area contributed by atoms with Crippen LogP contribution in [0.15, 0.2) is 83.8 Å². The second-order valence-electron chi connectivity index (χ2n) is 8.84. The minimum Gasteiger partial charge on any atom is -0.412 e. The summed E-state index contributed by atoms with van der Waals surface area (Å²) in [5.41, 5.74) is -0.837. The highest BCUT2D eigenvalue weighted by molar-refractivity contribution is 6.33. The van der Waals surface area contributed by atoms with Crippen LogP contribution in [0, 0.1) is 0 Å². The fourth-order valence-electron chi connectivity index (χ4n) is 4.20. The predicted molar refractivity (Wildman–Crippen MR) is 146 cm³/mol. The lowest BCUT2D eigenvalue weighted by Gasteiger charge is -2.16. The van der Waals surface area contributed by atoms with Gasteiger partial charge in [0.15, 0.2) is 5.65 Å². The Balaban J connectivity index is 1.48. The molecule has 1 atom stereocenters. The van der Waals surface area contributed by atoms with Gasteiger partial charge in [0.05, 0.1) is 17.2 Å². The molecule has 1 aliphatic carbocycles. The molecule has 40 heavy (non-hydrogen) atoms. The van der Waals surface area contributed by atoms with E-state index < -0.39 is 23.2 Å². The van der Waals surface area contributed by atoms with Crippen molar-refractivity contribution in [2.75, 3.05) is 17.7 Å². The first-order chi connectivity index (χ1) is 19.1. The molecule has 0 saturated carbocycles. The van der Waals surface area contributed by atoms with E-state index >= 15 is 0 Å². The van der Waals surface area contributed by atoms with Crippen LogP contribution in [0.3, 0.4) is 0 Å². The summed E-state index contributed by atoms with van der Waals surface area (Å²) in [7, 11) is 1.32. The molecule has 2 aromatic carbocycles. The van der Waals surface area contributed by atoms with E-state index in [4.69, 9.17) is 16.4 Å². The summed E-state index contributed by atoms with van der Waals surface area (Å²) in [5.74, 6) is -0.448. The van der Waals surface area contributed by atoms with Gasteiger partial charge in [0.2, 0.25) is 5.95 Å². The molecule has 2 aromatic heterocycles. The lowest BCUT2D eigenvalue weighted by molar-refractivity contribution is -0.137. The monoisotopic (exact) mass is 567 g/mol. The number of nitrogens with one attached hydrogen (secondary N) is 2. The summed E-state index contributed by atoms with van der Waals surface area (Å²) >= 11 is 6.43. The van der Waals surface area contributed by atoms with Crippen molar-refractivity contribution in [3.8, 4) is 11.1 Å². The minimum atomic E-state index is -4.59. The smallest absolute Gasteiger partial charge is 0.412 e. The Morgan fingerprint density at radius 2 is 1.95 bits per heavy atom. The molecule has 1 unspecified atom stereocenters. The van der Waals surface area contributed by atoms with Crippen molar-refractivity contribution in [3.63, 3.8) is 0 Å². The zero-order valence-electron chi connectivity index (χ0n) is 20.9. The summed E-state index contributed by atoms with van der Waals surface area (Å²) in [6.07, 6.45) is 5.55. The second kappa shape index (κ2) is 10.9. The molecule has 0 spiro atoms. The normalized spacial score (nSPS) is 14.8. The van der Waals surface area contributed by atoms with E-state index in [0.29, 0.717) is 11.3 Å². The minimum absolute atomic E-state index is 0.00265. The number of anilines is 2. The number of carbonyl (C=O) groups excluding carboxylic acids is 1. The van der Waals surface area contributed by atoms with Crippen LogP contribution in [0.25, 0.3) is 22.2 Å². The molecule has 8 nitrogen and oxygen atoms in total. The second-order valence-corrected chi connectivity index (χ2v) is 9.25. The van der Waals surface area contributed by atoms with E-state index in [9.17, 15) is 22.8 Å². The van der Waals surface area contributed by atoms with E-state index in [1.54, 1.807) is 12.3 Å². The quantitative estimate of drug-likeness (QED) is 0.308. The number of fused-ring (bicyclic) bond motifs is 1. The number of nitrogens with zero attached hydrogens (tertiary/aromatic N) is 3. The molecule has 0 radical (unpaired) electrons. The van der Waals surface area contributed by atoms with Crippen molar-refractivity contribution in [2.24, 2.45) is 0 Å². The first-order valence-electron chi connectivity index (χ1n) is 12.0. The molecule has 0 bridgehead atoms. The first kappa shape index (κ1) is 26.9. The molecule has 0 fully saturated rings. The molecule has 2 heterocycles. The Kier molecular flexibility index (Phi) is 7.31. The number of carbonyl (C=O) groups is 1. The van der Waals surface area contributed by atoms with E-state index in [2.05, 4.69) is 20.6 Å². The van der Waals surface area contributed by atoms with E-state index in [1.807, 2.05) is 24.3 Å². The standard InChI is InChI=1S/C28H21ClF3N5O3/c1-40-37-24-17(15-33-27(36-24)35-19-8-3-2-4-9-19)13-22(26(37)39)21-14-20(10-11-23(21)29)34-25(38)16-6-5-7-18(12-16)28(30,31)32/h2-8,10-15,19H,9H2,1H3,(H,34,38)(H,33,35,36). The SMILES string of the molecule is COn1c(=O)c(-c2cc(NC(=O)c3cccc(C(F)(F)F)c3)ccc2Cl)cc2cnc(NC3C=CC=CC3)nc21. The van der Waals surface area contributed by atoms with Crippen molar-refractivity contribution in [1.82, 2.24) is 14.7 Å². The van der Waals surface area contributed by atoms with Crippen molar-refractivity contribution in [1.29, 1.82) is 0 Å². The number of benzene rings is 2. The number of hydrogen-bond acceptors (Lipinski definition) is 6. The van der Waals surface area contributed by atoms with Crippen LogP contribution in [0.5, 0.6) is 0 Å². The average molecular weight is 568 g/mol. The Hall–Kier alpha value is -4.64. The maximum Gasteiger partial charge on any atom is 0.416 e. The molecule has 0 saturated heterocycles. The van der Waals surface area contributed by atoms with Crippen LogP contribution in [0.2, 0.25) is 5.02 Å². The molecule has 12 heteroatoms. The first-order valence-corrected chi connectivity index (χ1v) is 12.4. The maximum absolute atomic E-state index is 13.4. The van der Waals surface area contributed by atoms with Crippen LogP contribution in [-0.2, 0) is 6.18 Å². The van der Waals surface area contributed by atoms with Gasteiger partial charge in [-0.05, 0) is 48.9 Å². The number of rotatable bonds is 6. The third kappa shape index (κ3) is 5.55. The molecule has 0 aliphatic heterocycles. The van der Waals surface area contributed by atoms with Crippen LogP contribution < -0.4 is 21.0 Å². The highest BCUT2D eigenvalue weighted by Gasteiger charge is 2.31. The van der Waals surface area contributed by atoms with Gasteiger partial charge in [-0.25, -0.2) is 4.98 Å². The van der Waals surface area contributed by atoms with Gasteiger partial charge >= 0.3 is 6.18 Å². The van der Waals surface area contributed by atoms with Crippen molar-refractivity contribution in [3.05, 3.63) is 106 Å². The third-order valence-electron chi connectivity index (χ3n) is 6.15. The zero-order chi connectivity index (χ0) is 28.4. The lowest BCUT2D eigenvalue weighted by atomic mass is 10.0. The summed E-state index contributed by atoms with van der Waals surface area (Å²) in [6.45, 7) is 0. The van der Waals surface area contributed by atoms with Gasteiger partial charge in [-0.1, -0.05) is 42.0 Å². The molecular formula is C28H21ClF3N5O3. The Morgan fingerprint density at radius 1 is 1.12 bits per heavy atom. The number of allylic oxidation sites excluding steroid dienone is 2. The van der Waals surface area contributed by atoms with Crippen LogP contribution >= 0.6 is 11.6 Å². The Morgan fingerprint density at radius 3 is 2.67 bits per heavy atom. The molecular weight excluding hydrogens is 547 g/mol. The number of hydrogen-bond donors (Lipinski definition) is 2. The summed E-state index contributed by atoms with van der Waals surface area (Å²) in [4.78, 5) is 40.3. The molecule has 2 N–H and O–H groups in total. The Labute approximate surface area is 230 Å². The van der Waals surface area contributed by atoms with Gasteiger partial charge in [-0.3, -0.25) is 9.59 Å². The molecule has 5 rings (SSSR count). The van der Waals surface area contributed by atoms with Crippen molar-refractivity contribution in [2.45, 2.75) is 18.6 Å². The number of amides is 1. The van der Waals surface area contributed by atoms with Crippen molar-refractivity contribution >= 4 is 40.2 Å². The largest absolute Gasteiger partial charge is 0.416 e. The number of halogens is 4. The summed E-state index contributed by atoms with van der Waals surface area (Å²) in [6, 6.07) is 10.0. The number of alkyl halides is 3. The van der Waals surface area contributed by atoms with E-state index in [0.717, 1.165) is 29.4 Å². The predicted octanol–water partition coefficient (Wildman–Crippen LogP) is 5.74. The maximum atomic E-state index is 13.4. The van der Waals surface area contributed by atoms with Gasteiger partial charge in [-0.15, -0.1) is 4.73 Å².